The fourth-order valence-corrected chi connectivity index (χ4v) is 1.99. The van der Waals surface area contributed by atoms with Gasteiger partial charge in [-0.2, -0.15) is 0 Å². The number of benzene rings is 1. The molecule has 1 aromatic carbocycles. The van der Waals surface area contributed by atoms with E-state index < -0.39 is 0 Å². The zero-order chi connectivity index (χ0) is 14.0. The number of nitrogens with one attached hydrogen (secondary N) is 1. The van der Waals surface area contributed by atoms with Gasteiger partial charge in [-0.25, -0.2) is 0 Å². The molecule has 0 aliphatic rings. The Bertz CT molecular complexity index is 621. The number of nitrogens with zero attached hydrogens (tertiary/aromatic N) is 1. The zero-order valence-electron chi connectivity index (χ0n) is 10.1. The summed E-state index contributed by atoms with van der Waals surface area (Å²) < 4.78 is 0. The zero-order valence-corrected chi connectivity index (χ0v) is 11.6. The van der Waals surface area contributed by atoms with Crippen LogP contribution in [0.25, 0.3) is 0 Å². The summed E-state index contributed by atoms with van der Waals surface area (Å²) in [5.74, 6) is -0.320. The average molecular weight is 296 g/mol. The van der Waals surface area contributed by atoms with Crippen molar-refractivity contribution in [2.24, 2.45) is 0 Å². The second kappa shape index (κ2) is 5.47. The maximum absolute atomic E-state index is 12.1. The summed E-state index contributed by atoms with van der Waals surface area (Å²) in [4.78, 5) is 16.0. The van der Waals surface area contributed by atoms with E-state index in [9.17, 15) is 4.79 Å². The van der Waals surface area contributed by atoms with Crippen LogP contribution >= 0.6 is 23.2 Å². The molecule has 0 spiro atoms. The van der Waals surface area contributed by atoms with Crippen molar-refractivity contribution in [1.82, 2.24) is 4.98 Å². The highest BCUT2D eigenvalue weighted by atomic mass is 35.5. The number of carbonyl (C=O) groups excluding carboxylic acids is 1. The minimum Gasteiger partial charge on any atom is -0.396 e. The van der Waals surface area contributed by atoms with Crippen LogP contribution in [0.5, 0.6) is 0 Å². The van der Waals surface area contributed by atoms with Crippen molar-refractivity contribution in [1.29, 1.82) is 0 Å². The van der Waals surface area contributed by atoms with Gasteiger partial charge < -0.3 is 11.1 Å². The molecule has 0 radical (unpaired) electrons. The second-order valence-corrected chi connectivity index (χ2v) is 4.81. The number of aryl methyl sites for hydroxylation is 1. The molecule has 1 aromatic heterocycles. The number of amides is 1. The van der Waals surface area contributed by atoms with E-state index in [2.05, 4.69) is 10.3 Å². The van der Waals surface area contributed by atoms with Crippen LogP contribution in [0.3, 0.4) is 0 Å². The first-order chi connectivity index (χ1) is 8.99. The number of hydrogen-bond acceptors (Lipinski definition) is 3. The third-order valence-electron chi connectivity index (χ3n) is 2.63. The number of nitrogens with two attached hydrogens (primary N) is 1. The van der Waals surface area contributed by atoms with Crippen molar-refractivity contribution in [3.8, 4) is 0 Å². The van der Waals surface area contributed by atoms with E-state index in [1.54, 1.807) is 18.5 Å². The molecule has 6 heteroatoms. The fraction of sp³-hybridized carbons (Fsp3) is 0.0769. The Balaban J connectivity index is 2.28. The standard InChI is InChI=1S/C13H11Cl2N3O/c1-7-2-3-17-6-11(7)18-13(19)8-4-9(14)12(16)10(15)5-8/h2-6H,16H2,1H3,(H,18,19). The minimum atomic E-state index is -0.320. The highest BCUT2D eigenvalue weighted by Gasteiger charge is 2.12. The molecule has 0 fully saturated rings. The fourth-order valence-electron chi connectivity index (χ4n) is 1.50. The molecule has 4 nitrogen and oxygen atoms in total. The normalized spacial score (nSPS) is 10.3. The first-order valence-corrected chi connectivity index (χ1v) is 6.21. The van der Waals surface area contributed by atoms with Crippen LogP contribution in [0.4, 0.5) is 11.4 Å². The molecule has 2 rings (SSSR count). The van der Waals surface area contributed by atoms with Crippen LogP contribution in [0.2, 0.25) is 10.0 Å². The molecule has 19 heavy (non-hydrogen) atoms. The first-order valence-electron chi connectivity index (χ1n) is 5.45. The largest absolute Gasteiger partial charge is 0.396 e. The number of pyridine rings is 1. The Morgan fingerprint density at radius 1 is 1.32 bits per heavy atom. The van der Waals surface area contributed by atoms with Gasteiger partial charge in [0.1, 0.15) is 0 Å². The van der Waals surface area contributed by atoms with Crippen molar-refractivity contribution in [2.75, 3.05) is 11.1 Å². The quantitative estimate of drug-likeness (QED) is 0.833. The van der Waals surface area contributed by atoms with Gasteiger partial charge in [0, 0.05) is 11.8 Å². The van der Waals surface area contributed by atoms with Gasteiger partial charge in [-0.15, -0.1) is 0 Å². The topological polar surface area (TPSA) is 68.0 Å². The predicted molar refractivity (Wildman–Crippen MR) is 77.8 cm³/mol. The third-order valence-corrected chi connectivity index (χ3v) is 3.25. The lowest BCUT2D eigenvalue weighted by Crippen LogP contribution is -2.13. The van der Waals surface area contributed by atoms with E-state index in [0.29, 0.717) is 11.3 Å². The van der Waals surface area contributed by atoms with Crippen LogP contribution in [0.15, 0.2) is 30.6 Å². The lowest BCUT2D eigenvalue weighted by Gasteiger charge is -2.09. The molecule has 2 aromatic rings. The van der Waals surface area contributed by atoms with Crippen molar-refractivity contribution in [3.05, 3.63) is 51.8 Å². The maximum atomic E-state index is 12.1. The predicted octanol–water partition coefficient (Wildman–Crippen LogP) is 3.53. The van der Waals surface area contributed by atoms with Crippen LogP contribution in [-0.4, -0.2) is 10.9 Å². The summed E-state index contributed by atoms with van der Waals surface area (Å²) in [6.45, 7) is 1.88. The van der Waals surface area contributed by atoms with Crippen LogP contribution < -0.4 is 11.1 Å². The molecular formula is C13H11Cl2N3O. The Morgan fingerprint density at radius 2 is 1.95 bits per heavy atom. The van der Waals surface area contributed by atoms with E-state index in [4.69, 9.17) is 28.9 Å². The van der Waals surface area contributed by atoms with Gasteiger partial charge in [0.25, 0.3) is 5.91 Å². The monoisotopic (exact) mass is 295 g/mol. The Hall–Kier alpha value is -1.78. The third kappa shape index (κ3) is 2.97. The van der Waals surface area contributed by atoms with Crippen LogP contribution in [0.1, 0.15) is 15.9 Å². The molecule has 0 aliphatic heterocycles. The van der Waals surface area contributed by atoms with Crippen molar-refractivity contribution < 1.29 is 4.79 Å². The summed E-state index contributed by atoms with van der Waals surface area (Å²) in [5.41, 5.74) is 7.77. The van der Waals surface area contributed by atoms with Gasteiger partial charge in [-0.3, -0.25) is 9.78 Å². The molecule has 0 saturated heterocycles. The number of hydrogen-bond donors (Lipinski definition) is 2. The molecule has 98 valence electrons. The maximum Gasteiger partial charge on any atom is 0.255 e. The Kier molecular flexibility index (Phi) is 3.93. The molecule has 0 unspecified atom stereocenters. The van der Waals surface area contributed by atoms with E-state index in [1.165, 1.54) is 12.1 Å². The van der Waals surface area contributed by atoms with Crippen LogP contribution in [-0.2, 0) is 0 Å². The number of anilines is 2. The lowest BCUT2D eigenvalue weighted by atomic mass is 10.1. The molecule has 1 amide bonds. The van der Waals surface area contributed by atoms with Gasteiger partial charge in [-0.05, 0) is 30.7 Å². The SMILES string of the molecule is Cc1ccncc1NC(=O)c1cc(Cl)c(N)c(Cl)c1. The summed E-state index contributed by atoms with van der Waals surface area (Å²) in [7, 11) is 0. The van der Waals surface area contributed by atoms with Crippen molar-refractivity contribution >= 4 is 40.5 Å². The molecule has 1 heterocycles. The van der Waals surface area contributed by atoms with Crippen molar-refractivity contribution in [2.45, 2.75) is 6.92 Å². The summed E-state index contributed by atoms with van der Waals surface area (Å²) >= 11 is 11.8. The lowest BCUT2D eigenvalue weighted by molar-refractivity contribution is 0.102. The molecule has 0 atom stereocenters. The Labute approximate surface area is 120 Å². The molecule has 0 saturated carbocycles. The number of carbonyl (C=O) groups is 1. The molecular weight excluding hydrogens is 285 g/mol. The highest BCUT2D eigenvalue weighted by Crippen LogP contribution is 2.29. The molecule has 0 bridgehead atoms. The Morgan fingerprint density at radius 3 is 2.53 bits per heavy atom. The van der Waals surface area contributed by atoms with Crippen LogP contribution in [0, 0.1) is 6.92 Å². The molecule has 3 N–H and O–H groups in total. The second-order valence-electron chi connectivity index (χ2n) is 4.00. The number of rotatable bonds is 2. The van der Waals surface area contributed by atoms with E-state index >= 15 is 0 Å². The summed E-state index contributed by atoms with van der Waals surface area (Å²) in [6.07, 6.45) is 3.23. The van der Waals surface area contributed by atoms with Gasteiger partial charge in [0.05, 0.1) is 27.6 Å². The average Bonchev–Trinajstić information content (AvgIpc) is 2.38. The van der Waals surface area contributed by atoms with Gasteiger partial charge in [0.15, 0.2) is 0 Å². The summed E-state index contributed by atoms with van der Waals surface area (Å²) in [6, 6.07) is 4.76. The number of aromatic nitrogens is 1. The number of nitrogen functional groups attached to an aromatic ring is 1. The smallest absolute Gasteiger partial charge is 0.255 e. The minimum absolute atomic E-state index is 0.251. The van der Waals surface area contributed by atoms with E-state index in [-0.39, 0.29) is 21.6 Å². The van der Waals surface area contributed by atoms with Gasteiger partial charge in [0.2, 0.25) is 0 Å². The van der Waals surface area contributed by atoms with E-state index in [0.717, 1.165) is 5.56 Å². The van der Waals surface area contributed by atoms with Crippen molar-refractivity contribution in [3.63, 3.8) is 0 Å². The first kappa shape index (κ1) is 13.6. The highest BCUT2D eigenvalue weighted by molar-refractivity contribution is 6.39. The molecule has 0 aliphatic carbocycles. The van der Waals surface area contributed by atoms with Gasteiger partial charge >= 0.3 is 0 Å². The van der Waals surface area contributed by atoms with E-state index in [1.807, 2.05) is 6.92 Å². The number of halogens is 2. The van der Waals surface area contributed by atoms with Gasteiger partial charge in [-0.1, -0.05) is 23.2 Å². The summed E-state index contributed by atoms with van der Waals surface area (Å²) in [5, 5.41) is 3.24.